The summed E-state index contributed by atoms with van der Waals surface area (Å²) < 4.78 is 28.9. The smallest absolute Gasteiger partial charge is 0.319 e. The highest BCUT2D eigenvalue weighted by Gasteiger charge is 2.34. The van der Waals surface area contributed by atoms with Crippen molar-refractivity contribution in [3.63, 3.8) is 0 Å². The zero-order valence-electron chi connectivity index (χ0n) is 25.7. The van der Waals surface area contributed by atoms with E-state index in [0.717, 1.165) is 28.7 Å². The van der Waals surface area contributed by atoms with Gasteiger partial charge in [0.25, 0.3) is 0 Å². The molecule has 1 unspecified atom stereocenters. The van der Waals surface area contributed by atoms with Crippen LogP contribution in [0.1, 0.15) is 25.1 Å². The third-order valence-corrected chi connectivity index (χ3v) is 8.96. The predicted molar refractivity (Wildman–Crippen MR) is 170 cm³/mol. The molecule has 10 nitrogen and oxygen atoms in total. The van der Waals surface area contributed by atoms with Gasteiger partial charge in [-0.25, -0.2) is 4.39 Å². The lowest BCUT2D eigenvalue weighted by Gasteiger charge is -2.44. The zero-order valence-corrected chi connectivity index (χ0v) is 26.4. The Hall–Kier alpha value is -3.80. The Kier molecular flexibility index (Phi) is 8.21. The number of likely N-dealkylation sites (N-methyl/N-ethyl adjacent to an activating group) is 1. The number of ether oxygens (including phenoxy) is 2. The Balaban J connectivity index is 1.50. The molecule has 6 rings (SSSR count). The SMILES string of the molecule is C=CC(=O)N1C[C@H](C)N(c2nc(OCC3CN(C)CCO3)nc3c(F)c(-c4c(C)ccc5n[nH]c(C)c45)c(Cl)cc23)C[C@H]1C. The fraction of sp³-hybridized carbons (Fsp3) is 0.438. The molecule has 2 fully saturated rings. The van der Waals surface area contributed by atoms with Crippen molar-refractivity contribution >= 4 is 45.1 Å². The van der Waals surface area contributed by atoms with Crippen molar-refractivity contribution in [3.05, 3.63) is 53.0 Å². The summed E-state index contributed by atoms with van der Waals surface area (Å²) in [7, 11) is 2.03. The number of fused-ring (bicyclic) bond motifs is 2. The molecule has 2 saturated heterocycles. The van der Waals surface area contributed by atoms with Crippen LogP contribution in [-0.4, -0.2) is 101 Å². The number of carbonyl (C=O) groups excluding carboxylic acids is 1. The van der Waals surface area contributed by atoms with E-state index < -0.39 is 5.82 Å². The number of rotatable bonds is 6. The Morgan fingerprint density at radius 2 is 2.00 bits per heavy atom. The molecule has 0 aliphatic carbocycles. The van der Waals surface area contributed by atoms with Crippen LogP contribution in [0.25, 0.3) is 32.9 Å². The van der Waals surface area contributed by atoms with Crippen molar-refractivity contribution in [1.29, 1.82) is 0 Å². The first-order valence-corrected chi connectivity index (χ1v) is 15.2. The van der Waals surface area contributed by atoms with Crippen molar-refractivity contribution in [1.82, 2.24) is 30.0 Å². The Morgan fingerprint density at radius 1 is 1.20 bits per heavy atom. The third kappa shape index (κ3) is 5.37. The van der Waals surface area contributed by atoms with Crippen LogP contribution in [0.2, 0.25) is 5.02 Å². The molecule has 232 valence electrons. The van der Waals surface area contributed by atoms with Gasteiger partial charge >= 0.3 is 6.01 Å². The van der Waals surface area contributed by atoms with Gasteiger partial charge in [-0.15, -0.1) is 0 Å². The molecule has 1 amide bonds. The average Bonchev–Trinajstić information content (AvgIpc) is 3.38. The molecule has 2 aliphatic rings. The molecule has 4 heterocycles. The number of anilines is 1. The summed E-state index contributed by atoms with van der Waals surface area (Å²) in [4.78, 5) is 28.0. The number of amides is 1. The van der Waals surface area contributed by atoms with Gasteiger partial charge in [-0.1, -0.05) is 24.2 Å². The molecule has 0 radical (unpaired) electrons. The van der Waals surface area contributed by atoms with Crippen LogP contribution in [0.4, 0.5) is 10.2 Å². The number of halogens is 2. The van der Waals surface area contributed by atoms with E-state index in [-0.39, 0.29) is 52.8 Å². The molecule has 2 aromatic heterocycles. The molecule has 12 heteroatoms. The van der Waals surface area contributed by atoms with Gasteiger partial charge in [0, 0.05) is 65.9 Å². The van der Waals surface area contributed by atoms with Crippen molar-refractivity contribution < 1.29 is 18.7 Å². The number of aromatic nitrogens is 4. The minimum Gasteiger partial charge on any atom is -0.461 e. The highest BCUT2D eigenvalue weighted by atomic mass is 35.5. The number of hydrogen-bond acceptors (Lipinski definition) is 8. The molecule has 0 spiro atoms. The maximum absolute atomic E-state index is 16.9. The molecule has 3 atom stereocenters. The van der Waals surface area contributed by atoms with E-state index in [0.29, 0.717) is 43.0 Å². The summed E-state index contributed by atoms with van der Waals surface area (Å²) >= 11 is 6.95. The fourth-order valence-electron chi connectivity index (χ4n) is 6.34. The van der Waals surface area contributed by atoms with Gasteiger partial charge in [-0.3, -0.25) is 9.89 Å². The minimum atomic E-state index is -0.563. The van der Waals surface area contributed by atoms with Crippen molar-refractivity contribution in [2.75, 3.05) is 51.3 Å². The minimum absolute atomic E-state index is 0.0513. The van der Waals surface area contributed by atoms with Crippen molar-refractivity contribution in [2.45, 2.75) is 45.9 Å². The monoisotopic (exact) mass is 621 g/mol. The van der Waals surface area contributed by atoms with E-state index in [1.165, 1.54) is 6.08 Å². The number of piperazine rings is 1. The lowest BCUT2D eigenvalue weighted by molar-refractivity contribution is -0.128. The molecule has 2 aliphatic heterocycles. The van der Waals surface area contributed by atoms with Crippen LogP contribution in [0.5, 0.6) is 6.01 Å². The van der Waals surface area contributed by atoms with E-state index in [1.54, 1.807) is 11.0 Å². The van der Waals surface area contributed by atoms with Crippen LogP contribution in [0.15, 0.2) is 30.9 Å². The standard InChI is InChI=1S/C32H37ClFN7O3/c1-7-25(42)40-13-19(4)41(14-18(40)3)31-22-12-23(33)28(26-17(2)8-9-24-27(26)20(5)37-38-24)29(34)30(22)35-32(36-31)44-16-21-15-39(6)10-11-43-21/h7-9,12,18-19,21H,1,10-11,13-16H2,2-6H3,(H,37,38)/t18-,19+,21?/m1/s1. The number of aryl methyl sites for hydroxylation is 2. The van der Waals surface area contributed by atoms with Crippen molar-refractivity contribution in [2.24, 2.45) is 0 Å². The van der Waals surface area contributed by atoms with Gasteiger partial charge in [0.2, 0.25) is 5.91 Å². The number of H-pyrrole nitrogens is 1. The van der Waals surface area contributed by atoms with Gasteiger partial charge < -0.3 is 24.2 Å². The molecular weight excluding hydrogens is 585 g/mol. The van der Waals surface area contributed by atoms with Gasteiger partial charge in [-0.05, 0) is 58.5 Å². The first-order chi connectivity index (χ1) is 21.1. The Bertz CT molecular complexity index is 1760. The van der Waals surface area contributed by atoms with Gasteiger partial charge in [0.05, 0.1) is 17.1 Å². The van der Waals surface area contributed by atoms with Gasteiger partial charge in [0.1, 0.15) is 24.0 Å². The van der Waals surface area contributed by atoms with E-state index in [1.807, 2.05) is 46.9 Å². The number of aromatic amines is 1. The number of hydrogen-bond donors (Lipinski definition) is 1. The van der Waals surface area contributed by atoms with Crippen LogP contribution < -0.4 is 9.64 Å². The fourth-order valence-corrected chi connectivity index (χ4v) is 6.63. The quantitative estimate of drug-likeness (QED) is 0.304. The van der Waals surface area contributed by atoms with E-state index >= 15 is 4.39 Å². The molecule has 2 aromatic carbocycles. The zero-order chi connectivity index (χ0) is 31.3. The second kappa shape index (κ2) is 11.9. The first kappa shape index (κ1) is 30.2. The van der Waals surface area contributed by atoms with Crippen LogP contribution in [-0.2, 0) is 9.53 Å². The highest BCUT2D eigenvalue weighted by Crippen LogP contribution is 2.43. The van der Waals surface area contributed by atoms with Crippen LogP contribution in [0, 0.1) is 19.7 Å². The second-order valence-corrected chi connectivity index (χ2v) is 12.3. The first-order valence-electron chi connectivity index (χ1n) is 14.8. The number of carbonyl (C=O) groups is 1. The van der Waals surface area contributed by atoms with E-state index in [2.05, 4.69) is 31.6 Å². The lowest BCUT2D eigenvalue weighted by atomic mass is 9.94. The largest absolute Gasteiger partial charge is 0.461 e. The number of morpholine rings is 1. The number of benzene rings is 2. The van der Waals surface area contributed by atoms with E-state index in [9.17, 15) is 4.79 Å². The Labute approximate surface area is 260 Å². The molecule has 44 heavy (non-hydrogen) atoms. The molecule has 0 saturated carbocycles. The van der Waals surface area contributed by atoms with E-state index in [4.69, 9.17) is 26.1 Å². The van der Waals surface area contributed by atoms with Gasteiger partial charge in [0.15, 0.2) is 5.82 Å². The van der Waals surface area contributed by atoms with Crippen LogP contribution in [0.3, 0.4) is 0 Å². The molecule has 1 N–H and O–H groups in total. The summed E-state index contributed by atoms with van der Waals surface area (Å²) in [5.74, 6) is -0.193. The molecular formula is C32H37ClFN7O3. The summed E-state index contributed by atoms with van der Waals surface area (Å²) in [5, 5.41) is 8.90. The third-order valence-electron chi connectivity index (χ3n) is 8.66. The molecule has 0 bridgehead atoms. The topological polar surface area (TPSA) is 99.7 Å². The van der Waals surface area contributed by atoms with Gasteiger partial charge in [-0.2, -0.15) is 15.1 Å². The maximum atomic E-state index is 16.9. The number of nitrogens with zero attached hydrogens (tertiary/aromatic N) is 6. The molecule has 4 aromatic rings. The lowest BCUT2D eigenvalue weighted by Crippen LogP contribution is -2.58. The summed E-state index contributed by atoms with van der Waals surface area (Å²) in [5.41, 5.74) is 3.41. The average molecular weight is 622 g/mol. The second-order valence-electron chi connectivity index (χ2n) is 11.9. The Morgan fingerprint density at radius 3 is 2.75 bits per heavy atom. The van der Waals surface area contributed by atoms with Crippen molar-refractivity contribution in [3.8, 4) is 17.1 Å². The summed E-state index contributed by atoms with van der Waals surface area (Å²) in [6, 6.07) is 5.33. The summed E-state index contributed by atoms with van der Waals surface area (Å²) in [6.07, 6.45) is 1.16. The summed E-state index contributed by atoms with van der Waals surface area (Å²) in [6.45, 7) is 14.8. The highest BCUT2D eigenvalue weighted by molar-refractivity contribution is 6.35. The maximum Gasteiger partial charge on any atom is 0.319 e. The normalized spacial score (nSPS) is 21.3. The number of nitrogens with one attached hydrogen (secondary N) is 1. The van der Waals surface area contributed by atoms with Crippen LogP contribution >= 0.6 is 11.6 Å². The predicted octanol–water partition coefficient (Wildman–Crippen LogP) is 4.90.